The number of aliphatic hydroxyl groups excluding tert-OH is 4. The van der Waals surface area contributed by atoms with Crippen LogP contribution in [0.4, 0.5) is 0 Å². The minimum Gasteiger partial charge on any atom is -0.393 e. The topological polar surface area (TPSA) is 145 Å². The van der Waals surface area contributed by atoms with E-state index in [4.69, 9.17) is 11.5 Å². The van der Waals surface area contributed by atoms with Gasteiger partial charge < -0.3 is 37.2 Å². The molecule has 0 fully saturated rings. The molecule has 9 N–H and O–H groups in total. The van der Waals surface area contributed by atoms with Crippen molar-refractivity contribution in [1.29, 1.82) is 0 Å². The molecule has 0 saturated heterocycles. The number of hydrogen-bond donors (Lipinski definition) is 7. The summed E-state index contributed by atoms with van der Waals surface area (Å²) in [6.07, 6.45) is -2.27. The van der Waals surface area contributed by atoms with Crippen LogP contribution in [0.1, 0.15) is 47.0 Å². The lowest BCUT2D eigenvalue weighted by molar-refractivity contribution is 0.0110. The molecule has 0 radical (unpaired) electrons. The van der Waals surface area contributed by atoms with Crippen molar-refractivity contribution in [3.05, 3.63) is 0 Å². The summed E-state index contributed by atoms with van der Waals surface area (Å²) in [6.45, 7) is 6.64. The molecule has 0 saturated carbocycles. The summed E-state index contributed by atoms with van der Waals surface area (Å²) in [4.78, 5) is 0. The molecule has 0 aromatic rings. The van der Waals surface area contributed by atoms with Crippen LogP contribution in [0.2, 0.25) is 0 Å². The Morgan fingerprint density at radius 2 is 1.14 bits per heavy atom. The van der Waals surface area contributed by atoms with E-state index in [-0.39, 0.29) is 25.8 Å². The van der Waals surface area contributed by atoms with Gasteiger partial charge in [0.2, 0.25) is 0 Å². The monoisotopic (exact) mass is 307 g/mol. The van der Waals surface area contributed by atoms with Gasteiger partial charge in [0, 0.05) is 13.0 Å². The van der Waals surface area contributed by atoms with E-state index in [2.05, 4.69) is 5.32 Å². The average molecular weight is 307 g/mol. The Kier molecular flexibility index (Phi) is 8.27. The van der Waals surface area contributed by atoms with E-state index >= 15 is 0 Å². The average Bonchev–Trinajstić information content (AvgIpc) is 2.21. The first kappa shape index (κ1) is 20.7. The molecule has 0 rings (SSSR count). The van der Waals surface area contributed by atoms with Gasteiger partial charge >= 0.3 is 0 Å². The molecular weight excluding hydrogens is 274 g/mol. The predicted molar refractivity (Wildman–Crippen MR) is 82.4 cm³/mol. The van der Waals surface area contributed by atoms with Crippen molar-refractivity contribution >= 4 is 0 Å². The predicted octanol–water partition coefficient (Wildman–Crippen LogP) is -1.38. The van der Waals surface area contributed by atoms with Crippen LogP contribution < -0.4 is 16.8 Å². The van der Waals surface area contributed by atoms with E-state index in [1.54, 1.807) is 27.7 Å². The molecule has 0 bridgehead atoms. The molecule has 0 amide bonds. The highest BCUT2D eigenvalue weighted by atomic mass is 16.3. The quantitative estimate of drug-likeness (QED) is 0.246. The first-order valence-corrected chi connectivity index (χ1v) is 7.47. The molecule has 7 nitrogen and oxygen atoms in total. The fourth-order valence-corrected chi connectivity index (χ4v) is 2.81. The second-order valence-electron chi connectivity index (χ2n) is 6.51. The van der Waals surface area contributed by atoms with E-state index in [0.717, 1.165) is 0 Å². The second kappa shape index (κ2) is 8.38. The SMILES string of the molecule is CC(O)CNC(CC(C)O)(CC(C)O)C(N)(N)CC(C)O. The maximum Gasteiger partial charge on any atom is 0.0850 e. The zero-order chi connectivity index (χ0) is 16.8. The van der Waals surface area contributed by atoms with Crippen molar-refractivity contribution in [1.82, 2.24) is 5.32 Å². The van der Waals surface area contributed by atoms with E-state index in [9.17, 15) is 20.4 Å². The highest BCUT2D eigenvalue weighted by molar-refractivity contribution is 5.08. The molecule has 4 unspecified atom stereocenters. The standard InChI is InChI=1S/C14H33N3O4/c1-9(18)5-13(6-10(2)19,17-8-12(4)21)14(15,16)7-11(3)20/h9-12,17-21H,5-8,15-16H2,1-4H3. The number of aliphatic hydroxyl groups is 4. The van der Waals surface area contributed by atoms with Gasteiger partial charge in [-0.1, -0.05) is 0 Å². The van der Waals surface area contributed by atoms with Gasteiger partial charge in [-0.25, -0.2) is 0 Å². The molecule has 4 atom stereocenters. The van der Waals surface area contributed by atoms with Gasteiger partial charge in [-0.15, -0.1) is 0 Å². The Bertz CT molecular complexity index is 284. The first-order chi connectivity index (χ1) is 9.42. The van der Waals surface area contributed by atoms with Crippen LogP contribution in [0.25, 0.3) is 0 Å². The van der Waals surface area contributed by atoms with Gasteiger partial charge in [-0.3, -0.25) is 0 Å². The van der Waals surface area contributed by atoms with Crippen molar-refractivity contribution < 1.29 is 20.4 Å². The maximum atomic E-state index is 9.81. The van der Waals surface area contributed by atoms with E-state index < -0.39 is 35.6 Å². The van der Waals surface area contributed by atoms with Crippen LogP contribution in [0.3, 0.4) is 0 Å². The molecule has 0 aliphatic heterocycles. The van der Waals surface area contributed by atoms with Gasteiger partial charge in [-0.05, 0) is 40.5 Å². The Balaban J connectivity index is 5.50. The van der Waals surface area contributed by atoms with Gasteiger partial charge in [-0.2, -0.15) is 0 Å². The Morgan fingerprint density at radius 3 is 1.43 bits per heavy atom. The number of nitrogens with two attached hydrogens (primary N) is 2. The fraction of sp³-hybridized carbons (Fsp3) is 1.00. The van der Waals surface area contributed by atoms with Crippen molar-refractivity contribution in [2.24, 2.45) is 11.5 Å². The summed E-state index contributed by atoms with van der Waals surface area (Å²) in [5.74, 6) is 0. The third kappa shape index (κ3) is 7.01. The lowest BCUT2D eigenvalue weighted by Crippen LogP contribution is -2.75. The molecular formula is C14H33N3O4. The van der Waals surface area contributed by atoms with Crippen LogP contribution in [0.5, 0.6) is 0 Å². The van der Waals surface area contributed by atoms with Gasteiger partial charge in [0.25, 0.3) is 0 Å². The summed E-state index contributed by atoms with van der Waals surface area (Å²) < 4.78 is 0. The molecule has 0 spiro atoms. The Hall–Kier alpha value is -0.280. The molecule has 21 heavy (non-hydrogen) atoms. The largest absolute Gasteiger partial charge is 0.393 e. The van der Waals surface area contributed by atoms with Crippen molar-refractivity contribution in [3.63, 3.8) is 0 Å². The highest BCUT2D eigenvalue weighted by Gasteiger charge is 2.47. The van der Waals surface area contributed by atoms with Gasteiger partial charge in [0.05, 0.1) is 35.6 Å². The summed E-state index contributed by atoms with van der Waals surface area (Å²) in [6, 6.07) is 0. The smallest absolute Gasteiger partial charge is 0.0850 e. The number of hydrogen-bond acceptors (Lipinski definition) is 7. The highest BCUT2D eigenvalue weighted by Crippen LogP contribution is 2.30. The van der Waals surface area contributed by atoms with Crippen LogP contribution in [-0.4, -0.2) is 62.6 Å². The lowest BCUT2D eigenvalue weighted by Gasteiger charge is -2.49. The first-order valence-electron chi connectivity index (χ1n) is 7.47. The summed E-state index contributed by atoms with van der Waals surface area (Å²) in [5.41, 5.74) is 10.1. The third-order valence-electron chi connectivity index (χ3n) is 3.55. The summed E-state index contributed by atoms with van der Waals surface area (Å²) in [7, 11) is 0. The van der Waals surface area contributed by atoms with Crippen LogP contribution in [0, 0.1) is 0 Å². The molecule has 0 aromatic heterocycles. The number of rotatable bonds is 10. The Morgan fingerprint density at radius 1 is 0.762 bits per heavy atom. The number of β-amino-alcohol motifs (C(OH)–C–C–N with tert-alkyl or cyclic N) is 1. The zero-order valence-corrected chi connectivity index (χ0v) is 13.6. The van der Waals surface area contributed by atoms with Crippen molar-refractivity contribution in [2.45, 2.75) is 82.6 Å². The van der Waals surface area contributed by atoms with E-state index in [0.29, 0.717) is 0 Å². The minimum atomic E-state index is -1.36. The summed E-state index contributed by atoms with van der Waals surface area (Å²) in [5, 5.41) is 41.9. The summed E-state index contributed by atoms with van der Waals surface area (Å²) >= 11 is 0. The van der Waals surface area contributed by atoms with Crippen LogP contribution in [-0.2, 0) is 0 Å². The fourth-order valence-electron chi connectivity index (χ4n) is 2.81. The normalized spacial score (nSPS) is 21.4. The second-order valence-corrected chi connectivity index (χ2v) is 6.51. The molecule has 128 valence electrons. The molecule has 0 heterocycles. The third-order valence-corrected chi connectivity index (χ3v) is 3.55. The van der Waals surface area contributed by atoms with Gasteiger partial charge in [0.15, 0.2) is 0 Å². The lowest BCUT2D eigenvalue weighted by atomic mass is 9.73. The zero-order valence-electron chi connectivity index (χ0n) is 13.6. The van der Waals surface area contributed by atoms with Crippen molar-refractivity contribution in [3.8, 4) is 0 Å². The van der Waals surface area contributed by atoms with Crippen LogP contribution in [0.15, 0.2) is 0 Å². The van der Waals surface area contributed by atoms with E-state index in [1.807, 2.05) is 0 Å². The van der Waals surface area contributed by atoms with Crippen molar-refractivity contribution in [2.75, 3.05) is 6.54 Å². The number of nitrogens with one attached hydrogen (secondary N) is 1. The molecule has 0 aliphatic carbocycles. The maximum absolute atomic E-state index is 9.81. The van der Waals surface area contributed by atoms with E-state index in [1.165, 1.54) is 0 Å². The molecule has 0 aliphatic rings. The van der Waals surface area contributed by atoms with Crippen LogP contribution >= 0.6 is 0 Å². The minimum absolute atomic E-state index is 0.0965. The van der Waals surface area contributed by atoms with Gasteiger partial charge in [0.1, 0.15) is 0 Å². The Labute approximate surface area is 127 Å². The molecule has 0 aromatic carbocycles. The molecule has 7 heteroatoms.